The summed E-state index contributed by atoms with van der Waals surface area (Å²) in [5.74, 6) is 1.28. The van der Waals surface area contributed by atoms with Crippen molar-refractivity contribution in [2.75, 3.05) is 0 Å². The van der Waals surface area contributed by atoms with E-state index in [-0.39, 0.29) is 11.8 Å². The summed E-state index contributed by atoms with van der Waals surface area (Å²) in [5.41, 5.74) is 4.19. The Balaban J connectivity index is 2.05. The second-order valence-corrected chi connectivity index (χ2v) is 7.62. The van der Waals surface area contributed by atoms with E-state index < -0.39 is 0 Å². The smallest absolute Gasteiger partial charge is 0.182 e. The number of hydrogen-bond acceptors (Lipinski definition) is 3. The highest BCUT2D eigenvalue weighted by Gasteiger charge is 2.15. The lowest BCUT2D eigenvalue weighted by molar-refractivity contribution is 0.454. The molecule has 148 valence electrons. The predicted molar refractivity (Wildman–Crippen MR) is 120 cm³/mol. The number of rotatable bonds is 5. The minimum absolute atomic E-state index is 0.189. The molecule has 1 N–H and O–H groups in total. The zero-order valence-electron chi connectivity index (χ0n) is 17.4. The molecule has 0 saturated carbocycles. The second kappa shape index (κ2) is 9.28. The Kier molecular flexibility index (Phi) is 6.55. The van der Waals surface area contributed by atoms with Gasteiger partial charge in [0.15, 0.2) is 5.84 Å². The van der Waals surface area contributed by atoms with Crippen LogP contribution in [0.1, 0.15) is 56.2 Å². The van der Waals surface area contributed by atoms with Gasteiger partial charge in [-0.2, -0.15) is 0 Å². The van der Waals surface area contributed by atoms with Gasteiger partial charge in [-0.05, 0) is 47.2 Å². The number of amidine groups is 1. The number of para-hydroxylation sites is 1. The van der Waals surface area contributed by atoms with Crippen molar-refractivity contribution in [3.05, 3.63) is 89.5 Å². The molecule has 0 saturated heterocycles. The summed E-state index contributed by atoms with van der Waals surface area (Å²) >= 11 is 0. The molecule has 0 unspecified atom stereocenters. The van der Waals surface area contributed by atoms with E-state index in [0.29, 0.717) is 17.3 Å². The Bertz CT molecular complexity index is 978. The average Bonchev–Trinajstić information content (AvgIpc) is 2.72. The van der Waals surface area contributed by atoms with Crippen molar-refractivity contribution >= 4 is 17.2 Å². The molecule has 29 heavy (non-hydrogen) atoms. The Labute approximate surface area is 172 Å². The molecular formula is C25H27N3O. The van der Waals surface area contributed by atoms with E-state index >= 15 is 0 Å². The molecule has 3 rings (SSSR count). The molecule has 0 fully saturated rings. The van der Waals surface area contributed by atoms with Crippen LogP contribution in [0.3, 0.4) is 0 Å². The standard InChI is InChI=1S/C25H27N3O/c1-17(2)22-15-21(16-23(18(3)4)24(22)29)27-28-25(19-11-7-5-8-12-19)26-20-13-9-6-10-14-20/h5-18,29H,1-4H3. The quantitative estimate of drug-likeness (QED) is 0.276. The number of azo groups is 1. The minimum Gasteiger partial charge on any atom is -0.507 e. The number of phenols is 1. The van der Waals surface area contributed by atoms with E-state index in [0.717, 1.165) is 22.4 Å². The molecule has 0 amide bonds. The van der Waals surface area contributed by atoms with Gasteiger partial charge in [-0.15, -0.1) is 10.2 Å². The maximum absolute atomic E-state index is 10.6. The SMILES string of the molecule is CC(C)c1cc(N=NC(=Nc2ccccc2)c2ccccc2)cc(C(C)C)c1O. The van der Waals surface area contributed by atoms with Gasteiger partial charge in [0.1, 0.15) is 5.75 Å². The Morgan fingerprint density at radius 2 is 1.24 bits per heavy atom. The number of hydrogen-bond donors (Lipinski definition) is 1. The summed E-state index contributed by atoms with van der Waals surface area (Å²) in [4.78, 5) is 4.68. The van der Waals surface area contributed by atoms with Crippen molar-refractivity contribution in [2.24, 2.45) is 15.2 Å². The monoisotopic (exact) mass is 385 g/mol. The third kappa shape index (κ3) is 5.17. The molecular weight excluding hydrogens is 358 g/mol. The number of aromatic hydroxyl groups is 1. The molecule has 0 radical (unpaired) electrons. The third-order valence-corrected chi connectivity index (χ3v) is 4.68. The number of phenolic OH excluding ortho intramolecular Hbond substituents is 1. The lowest BCUT2D eigenvalue weighted by Crippen LogP contribution is -1.97. The fraction of sp³-hybridized carbons (Fsp3) is 0.240. The van der Waals surface area contributed by atoms with Gasteiger partial charge in [-0.25, -0.2) is 4.99 Å². The lowest BCUT2D eigenvalue weighted by atomic mass is 9.93. The van der Waals surface area contributed by atoms with E-state index in [1.807, 2.05) is 72.8 Å². The van der Waals surface area contributed by atoms with Crippen molar-refractivity contribution in [2.45, 2.75) is 39.5 Å². The van der Waals surface area contributed by atoms with E-state index in [2.05, 4.69) is 42.9 Å². The molecule has 0 aromatic heterocycles. The molecule has 0 aliphatic heterocycles. The normalized spacial score (nSPS) is 12.3. The molecule has 0 spiro atoms. The van der Waals surface area contributed by atoms with Crippen LogP contribution in [0.25, 0.3) is 0 Å². The molecule has 0 heterocycles. The topological polar surface area (TPSA) is 57.3 Å². The van der Waals surface area contributed by atoms with Crippen LogP contribution in [-0.2, 0) is 0 Å². The van der Waals surface area contributed by atoms with Gasteiger partial charge in [0.25, 0.3) is 0 Å². The molecule has 0 bridgehead atoms. The van der Waals surface area contributed by atoms with Crippen LogP contribution in [0.2, 0.25) is 0 Å². The van der Waals surface area contributed by atoms with E-state index in [4.69, 9.17) is 0 Å². The number of nitrogens with zero attached hydrogens (tertiary/aromatic N) is 3. The van der Waals surface area contributed by atoms with Gasteiger partial charge in [0.2, 0.25) is 0 Å². The highest BCUT2D eigenvalue weighted by Crippen LogP contribution is 2.37. The van der Waals surface area contributed by atoms with E-state index in [1.165, 1.54) is 0 Å². The van der Waals surface area contributed by atoms with Crippen LogP contribution in [0, 0.1) is 0 Å². The van der Waals surface area contributed by atoms with E-state index in [1.54, 1.807) is 0 Å². The largest absolute Gasteiger partial charge is 0.507 e. The Morgan fingerprint density at radius 1 is 0.724 bits per heavy atom. The molecule has 0 aliphatic carbocycles. The van der Waals surface area contributed by atoms with Crippen LogP contribution in [0.15, 0.2) is 88.0 Å². The highest BCUT2D eigenvalue weighted by atomic mass is 16.3. The van der Waals surface area contributed by atoms with Crippen LogP contribution in [0.5, 0.6) is 5.75 Å². The number of aliphatic imine (C=N–C) groups is 1. The molecule has 0 atom stereocenters. The first kappa shape index (κ1) is 20.5. The zero-order chi connectivity index (χ0) is 20.8. The van der Waals surface area contributed by atoms with Gasteiger partial charge in [0.05, 0.1) is 11.4 Å². The maximum atomic E-state index is 10.6. The second-order valence-electron chi connectivity index (χ2n) is 7.62. The van der Waals surface area contributed by atoms with Crippen molar-refractivity contribution in [3.8, 4) is 5.75 Å². The zero-order valence-corrected chi connectivity index (χ0v) is 17.4. The first-order valence-electron chi connectivity index (χ1n) is 9.93. The fourth-order valence-electron chi connectivity index (χ4n) is 3.06. The summed E-state index contributed by atoms with van der Waals surface area (Å²) in [6, 6.07) is 23.3. The summed E-state index contributed by atoms with van der Waals surface area (Å²) in [5, 5.41) is 19.6. The summed E-state index contributed by atoms with van der Waals surface area (Å²) in [6.07, 6.45) is 0. The van der Waals surface area contributed by atoms with Crippen molar-refractivity contribution in [1.82, 2.24) is 0 Å². The van der Waals surface area contributed by atoms with Crippen LogP contribution < -0.4 is 0 Å². The van der Waals surface area contributed by atoms with Gasteiger partial charge >= 0.3 is 0 Å². The van der Waals surface area contributed by atoms with Gasteiger partial charge in [0, 0.05) is 5.56 Å². The van der Waals surface area contributed by atoms with Crippen LogP contribution in [-0.4, -0.2) is 10.9 Å². The third-order valence-electron chi connectivity index (χ3n) is 4.68. The predicted octanol–water partition coefficient (Wildman–Crippen LogP) is 7.50. The lowest BCUT2D eigenvalue weighted by Gasteiger charge is -2.15. The highest BCUT2D eigenvalue weighted by molar-refractivity contribution is 6.00. The molecule has 3 aromatic carbocycles. The molecule has 0 aliphatic rings. The summed E-state index contributed by atoms with van der Waals surface area (Å²) in [6.45, 7) is 8.25. The Hall–Kier alpha value is -3.27. The summed E-state index contributed by atoms with van der Waals surface area (Å²) < 4.78 is 0. The van der Waals surface area contributed by atoms with E-state index in [9.17, 15) is 5.11 Å². The Morgan fingerprint density at radius 3 is 1.76 bits per heavy atom. The van der Waals surface area contributed by atoms with Crippen molar-refractivity contribution < 1.29 is 5.11 Å². The van der Waals surface area contributed by atoms with Crippen LogP contribution >= 0.6 is 0 Å². The number of benzene rings is 3. The summed E-state index contributed by atoms with van der Waals surface area (Å²) in [7, 11) is 0. The van der Waals surface area contributed by atoms with Crippen molar-refractivity contribution in [3.63, 3.8) is 0 Å². The van der Waals surface area contributed by atoms with Gasteiger partial charge in [-0.3, -0.25) is 0 Å². The maximum Gasteiger partial charge on any atom is 0.182 e. The van der Waals surface area contributed by atoms with Crippen molar-refractivity contribution in [1.29, 1.82) is 0 Å². The van der Waals surface area contributed by atoms with Crippen LogP contribution in [0.4, 0.5) is 11.4 Å². The van der Waals surface area contributed by atoms with Gasteiger partial charge in [-0.1, -0.05) is 76.2 Å². The van der Waals surface area contributed by atoms with Gasteiger partial charge < -0.3 is 5.11 Å². The first-order chi connectivity index (χ1) is 14.0. The minimum atomic E-state index is 0.189. The molecule has 4 nitrogen and oxygen atoms in total. The molecule has 3 aromatic rings. The average molecular weight is 386 g/mol. The fourth-order valence-corrected chi connectivity index (χ4v) is 3.06. The first-order valence-corrected chi connectivity index (χ1v) is 9.93. The molecule has 4 heteroatoms.